The average Bonchev–Trinajstić information content (AvgIpc) is 1.97. The van der Waals surface area contributed by atoms with Crippen LogP contribution in [0.4, 0.5) is 0 Å². The summed E-state index contributed by atoms with van der Waals surface area (Å²) in [6.45, 7) is 0.444. The Labute approximate surface area is 71.7 Å². The van der Waals surface area contributed by atoms with E-state index in [0.717, 1.165) is 0 Å². The maximum Gasteiger partial charge on any atom is 0.524 e. The summed E-state index contributed by atoms with van der Waals surface area (Å²) in [7, 11) is -2.28. The smallest absolute Gasteiger partial charge is 0.370 e. The van der Waals surface area contributed by atoms with E-state index in [2.05, 4.69) is 4.99 Å². The van der Waals surface area contributed by atoms with Crippen LogP contribution >= 0.6 is 8.03 Å². The number of nitrogens with zero attached hydrogens (tertiary/aromatic N) is 1. The van der Waals surface area contributed by atoms with Crippen LogP contribution in [0, 0.1) is 0 Å². The van der Waals surface area contributed by atoms with Gasteiger partial charge in [0.15, 0.2) is 5.96 Å². The summed E-state index contributed by atoms with van der Waals surface area (Å²) in [5.41, 5.74) is 15.4. The van der Waals surface area contributed by atoms with E-state index in [9.17, 15) is 4.57 Å². The lowest BCUT2D eigenvalue weighted by molar-refractivity contribution is 0.483. The number of hydrogen-bond acceptors (Lipinski definition) is 3. The Morgan fingerprint density at radius 3 is 2.58 bits per heavy atom. The van der Waals surface area contributed by atoms with Gasteiger partial charge in [0.2, 0.25) is 5.78 Å². The van der Waals surface area contributed by atoms with Crippen molar-refractivity contribution in [3.05, 3.63) is 0 Å². The third-order valence-electron chi connectivity index (χ3n) is 1.24. The van der Waals surface area contributed by atoms with E-state index in [1.165, 1.54) is 0 Å². The summed E-state index contributed by atoms with van der Waals surface area (Å²) in [5.74, 6) is -0.647. The van der Waals surface area contributed by atoms with Gasteiger partial charge >= 0.3 is 8.03 Å². The number of hydrogen-bond donors (Lipinski definition) is 4. The first kappa shape index (κ1) is 11.3. The van der Waals surface area contributed by atoms with Gasteiger partial charge in [-0.3, -0.25) is 10.7 Å². The van der Waals surface area contributed by atoms with Gasteiger partial charge in [-0.15, -0.1) is 0 Å². The van der Waals surface area contributed by atoms with Crippen LogP contribution in [-0.2, 0) is 4.57 Å². The number of aliphatic imine (C=N–C) groups is 1. The van der Waals surface area contributed by atoms with Crippen molar-refractivity contribution in [2.45, 2.75) is 18.6 Å². The fraction of sp³-hybridized carbons (Fsp3) is 0.800. The molecule has 6 nitrogen and oxygen atoms in total. The molecule has 0 aliphatic rings. The van der Waals surface area contributed by atoms with Crippen LogP contribution in [0.3, 0.4) is 0 Å². The number of rotatable bonds is 5. The van der Waals surface area contributed by atoms with Crippen molar-refractivity contribution in [3.8, 4) is 0 Å². The van der Waals surface area contributed by atoms with Gasteiger partial charge in [-0.1, -0.05) is 0 Å². The molecule has 0 aromatic rings. The fourth-order valence-electron chi connectivity index (χ4n) is 0.619. The Kier molecular flexibility index (Phi) is 5.53. The molecule has 0 saturated heterocycles. The van der Waals surface area contributed by atoms with Crippen molar-refractivity contribution >= 4 is 14.0 Å². The Bertz CT molecular complexity index is 180. The maximum atomic E-state index is 10.4. The summed E-state index contributed by atoms with van der Waals surface area (Å²) in [5, 5.41) is 0. The lowest BCUT2D eigenvalue weighted by Crippen LogP contribution is -2.23. The predicted molar refractivity (Wildman–Crippen MR) is 47.7 cm³/mol. The van der Waals surface area contributed by atoms with Crippen molar-refractivity contribution in [2.24, 2.45) is 22.2 Å². The fourth-order valence-corrected chi connectivity index (χ4v) is 1.02. The second-order valence-electron chi connectivity index (χ2n) is 2.32. The molecule has 0 aliphatic carbocycles. The topological polar surface area (TPSA) is 128 Å². The minimum Gasteiger partial charge on any atom is -0.370 e. The molecule has 7 N–H and O–H groups in total. The Balaban J connectivity index is 3.44. The quantitative estimate of drug-likeness (QED) is 0.194. The van der Waals surface area contributed by atoms with Gasteiger partial charge in [-0.2, -0.15) is 4.89 Å². The van der Waals surface area contributed by atoms with E-state index in [1.54, 1.807) is 0 Å². The van der Waals surface area contributed by atoms with E-state index in [0.29, 0.717) is 19.4 Å². The Morgan fingerprint density at radius 2 is 2.17 bits per heavy atom. The highest BCUT2D eigenvalue weighted by atomic mass is 31.1. The number of nitrogens with two attached hydrogens (primary N) is 3. The molecule has 0 spiro atoms. The van der Waals surface area contributed by atoms with Gasteiger partial charge in [-0.25, -0.2) is 0 Å². The van der Waals surface area contributed by atoms with Crippen molar-refractivity contribution in [1.82, 2.24) is 0 Å². The summed E-state index contributed by atoms with van der Waals surface area (Å²) in [4.78, 5) is 12.2. The third kappa shape index (κ3) is 6.03. The molecule has 0 aromatic heterocycles. The first-order chi connectivity index (χ1) is 5.54. The van der Waals surface area contributed by atoms with Gasteiger partial charge in [0.1, 0.15) is 0 Å². The molecule has 0 bridgehead atoms. The van der Waals surface area contributed by atoms with Crippen LogP contribution in [0.25, 0.3) is 0 Å². The highest BCUT2D eigenvalue weighted by Crippen LogP contribution is 2.21. The Morgan fingerprint density at radius 1 is 1.58 bits per heavy atom. The molecule has 1 unspecified atom stereocenters. The van der Waals surface area contributed by atoms with Crippen LogP contribution in [0.2, 0.25) is 0 Å². The molecule has 0 aromatic carbocycles. The minimum absolute atomic E-state index is 0.0250. The zero-order valence-corrected chi connectivity index (χ0v) is 7.58. The largest absolute Gasteiger partial charge is 0.524 e. The maximum absolute atomic E-state index is 10.4. The second-order valence-corrected chi connectivity index (χ2v) is 3.59. The molecule has 0 fully saturated rings. The van der Waals surface area contributed by atoms with Gasteiger partial charge in [0.05, 0.1) is 0 Å². The lowest BCUT2D eigenvalue weighted by Gasteiger charge is -1.96. The summed E-state index contributed by atoms with van der Waals surface area (Å²) < 4.78 is 10.4. The molecule has 70 valence electrons. The Hall–Kier alpha value is -0.710. The van der Waals surface area contributed by atoms with Gasteiger partial charge in [-0.05, 0) is 11.0 Å². The van der Waals surface area contributed by atoms with E-state index in [4.69, 9.17) is 22.1 Å². The van der Waals surface area contributed by atoms with Crippen molar-refractivity contribution in [2.75, 3.05) is 6.54 Å². The zero-order valence-electron chi connectivity index (χ0n) is 6.68. The summed E-state index contributed by atoms with van der Waals surface area (Å²) in [6, 6.07) is 0. The van der Waals surface area contributed by atoms with Crippen LogP contribution in [0.15, 0.2) is 4.99 Å². The summed E-state index contributed by atoms with van der Waals surface area (Å²) in [6.07, 6.45) is 1.06. The lowest BCUT2D eigenvalue weighted by atomic mass is 10.3. The molecule has 0 amide bonds. The monoisotopic (exact) mass is 193 g/mol. The van der Waals surface area contributed by atoms with Crippen LogP contribution in [0.1, 0.15) is 12.8 Å². The van der Waals surface area contributed by atoms with Gasteiger partial charge in [0.25, 0.3) is 0 Å². The highest BCUT2D eigenvalue weighted by molar-refractivity contribution is 7.38. The molecular formula is C5H14N4O2P+. The highest BCUT2D eigenvalue weighted by Gasteiger charge is 2.22. The molecule has 0 heterocycles. The SMILES string of the molecule is NC(N)=NCCC[C@H](N)[P+](=O)O. The average molecular weight is 193 g/mol. The molecule has 7 heteroatoms. The molecule has 0 aliphatic heterocycles. The zero-order chi connectivity index (χ0) is 9.56. The molecule has 0 radical (unpaired) electrons. The predicted octanol–water partition coefficient (Wildman–Crippen LogP) is -0.940. The van der Waals surface area contributed by atoms with Crippen molar-refractivity contribution < 1.29 is 9.46 Å². The first-order valence-corrected chi connectivity index (χ1v) is 4.78. The van der Waals surface area contributed by atoms with Crippen LogP contribution < -0.4 is 17.2 Å². The second kappa shape index (κ2) is 5.88. The molecule has 12 heavy (non-hydrogen) atoms. The van der Waals surface area contributed by atoms with Gasteiger partial charge < -0.3 is 11.5 Å². The standard InChI is InChI=1S/C5H13N4O2P/c6-4(12(10)11)2-1-3-9-5(7)8/h4H,1-3,6H2,(H4-,7,8,9,10,11)/p+1/t4-/m1/s1. The molecule has 0 saturated carbocycles. The minimum atomic E-state index is -2.28. The third-order valence-corrected chi connectivity index (χ3v) is 2.06. The molecule has 2 atom stereocenters. The molecule has 0 rings (SSSR count). The number of guanidine groups is 1. The summed E-state index contributed by atoms with van der Waals surface area (Å²) >= 11 is 0. The van der Waals surface area contributed by atoms with Gasteiger partial charge in [0, 0.05) is 13.0 Å². The van der Waals surface area contributed by atoms with Crippen molar-refractivity contribution in [1.29, 1.82) is 0 Å². The van der Waals surface area contributed by atoms with E-state index in [-0.39, 0.29) is 5.96 Å². The van der Waals surface area contributed by atoms with Crippen LogP contribution in [-0.4, -0.2) is 23.2 Å². The normalized spacial score (nSPS) is 13.7. The van der Waals surface area contributed by atoms with E-state index >= 15 is 0 Å². The van der Waals surface area contributed by atoms with Crippen LogP contribution in [0.5, 0.6) is 0 Å². The molecular weight excluding hydrogens is 179 g/mol. The van der Waals surface area contributed by atoms with E-state index in [1.807, 2.05) is 0 Å². The first-order valence-electron chi connectivity index (χ1n) is 3.50. The van der Waals surface area contributed by atoms with E-state index < -0.39 is 13.8 Å². The van der Waals surface area contributed by atoms with Crippen molar-refractivity contribution in [3.63, 3.8) is 0 Å².